The number of carboxylic acids is 1. The number of hydrogen-bond acceptors (Lipinski definition) is 5. The van der Waals surface area contributed by atoms with Crippen LogP contribution in [-0.4, -0.2) is 38.0 Å². The number of hydrogen-bond donors (Lipinski definition) is 3. The van der Waals surface area contributed by atoms with Crippen LogP contribution in [0, 0.1) is 0 Å². The van der Waals surface area contributed by atoms with Gasteiger partial charge in [-0.2, -0.15) is 16.1 Å². The van der Waals surface area contributed by atoms with Gasteiger partial charge in [0.2, 0.25) is 10.0 Å². The molecule has 11 heteroatoms. The fourth-order valence-corrected chi connectivity index (χ4v) is 4.41. The topological polar surface area (TPSA) is 113 Å². The van der Waals surface area contributed by atoms with Gasteiger partial charge in [0.25, 0.3) is 5.91 Å². The Bertz CT molecular complexity index is 885. The number of halogens is 2. The Kier molecular flexibility index (Phi) is 6.42. The lowest BCUT2D eigenvalue weighted by Gasteiger charge is -2.16. The average Bonchev–Trinajstić information content (AvgIpc) is 3.04. The summed E-state index contributed by atoms with van der Waals surface area (Å²) in [5.41, 5.74) is 0.359. The third-order valence-corrected chi connectivity index (χ3v) is 5.90. The van der Waals surface area contributed by atoms with E-state index in [0.717, 1.165) is 6.07 Å². The van der Waals surface area contributed by atoms with Crippen LogP contribution in [0.15, 0.2) is 39.9 Å². The van der Waals surface area contributed by atoms with Crippen molar-refractivity contribution in [2.24, 2.45) is 0 Å². The van der Waals surface area contributed by atoms with Gasteiger partial charge in [-0.15, -0.1) is 0 Å². The van der Waals surface area contributed by atoms with Gasteiger partial charge >= 0.3 is 5.97 Å². The molecule has 0 radical (unpaired) electrons. The Balaban J connectivity index is 2.12. The first kappa shape index (κ1) is 19.7. The van der Waals surface area contributed by atoms with Gasteiger partial charge in [-0.25, -0.2) is 8.42 Å². The van der Waals surface area contributed by atoms with Crippen molar-refractivity contribution in [1.82, 2.24) is 10.0 Å². The Hall–Kier alpha value is -1.65. The highest BCUT2D eigenvalue weighted by atomic mass is 35.5. The predicted molar refractivity (Wildman–Crippen MR) is 94.9 cm³/mol. The van der Waals surface area contributed by atoms with Gasteiger partial charge in [0, 0.05) is 22.5 Å². The molecule has 0 aliphatic carbocycles. The van der Waals surface area contributed by atoms with Crippen molar-refractivity contribution in [1.29, 1.82) is 0 Å². The molecule has 134 valence electrons. The number of sulfonamides is 1. The highest BCUT2D eigenvalue weighted by Crippen LogP contribution is 2.25. The Morgan fingerprint density at radius 3 is 2.52 bits per heavy atom. The number of thiophene rings is 1. The largest absolute Gasteiger partial charge is 0.480 e. The van der Waals surface area contributed by atoms with Crippen molar-refractivity contribution in [3.63, 3.8) is 0 Å². The summed E-state index contributed by atoms with van der Waals surface area (Å²) in [6.45, 7) is -0.436. The standard InChI is InChI=1S/C14H12Cl2N2O5S2/c15-9-1-2-12(10(16)5-9)25(22,23)18-11(14(20)21)6-17-13(19)8-3-4-24-7-8/h1-5,7,11,18H,6H2,(H,17,19)(H,20,21)/t11-/m1/s1. The van der Waals surface area contributed by atoms with E-state index < -0.39 is 34.5 Å². The third kappa shape index (κ3) is 5.16. The molecule has 0 saturated heterocycles. The third-order valence-electron chi connectivity index (χ3n) is 3.03. The van der Waals surface area contributed by atoms with E-state index in [0.29, 0.717) is 5.56 Å². The monoisotopic (exact) mass is 422 g/mol. The molecular formula is C14H12Cl2N2O5S2. The number of carboxylic acid groups (broad SMARTS) is 1. The first-order chi connectivity index (χ1) is 11.7. The van der Waals surface area contributed by atoms with Crippen molar-refractivity contribution in [2.45, 2.75) is 10.9 Å². The lowest BCUT2D eigenvalue weighted by Crippen LogP contribution is -2.48. The van der Waals surface area contributed by atoms with Gasteiger partial charge in [0.05, 0.1) is 5.02 Å². The van der Waals surface area contributed by atoms with E-state index in [4.69, 9.17) is 23.2 Å². The molecule has 1 aromatic carbocycles. The summed E-state index contributed by atoms with van der Waals surface area (Å²) in [5, 5.41) is 14.9. The smallest absolute Gasteiger partial charge is 0.323 e. The molecule has 0 fully saturated rings. The minimum atomic E-state index is -4.22. The van der Waals surface area contributed by atoms with Gasteiger partial charge < -0.3 is 10.4 Å². The van der Waals surface area contributed by atoms with Gasteiger partial charge in [-0.05, 0) is 29.6 Å². The quantitative estimate of drug-likeness (QED) is 0.632. The van der Waals surface area contributed by atoms with Gasteiger partial charge in [0.1, 0.15) is 10.9 Å². The molecule has 0 aliphatic rings. The molecule has 25 heavy (non-hydrogen) atoms. The number of carbonyl (C=O) groups excluding carboxylic acids is 1. The van der Waals surface area contributed by atoms with E-state index in [1.165, 1.54) is 23.5 Å². The zero-order chi connectivity index (χ0) is 18.6. The van der Waals surface area contributed by atoms with Crippen molar-refractivity contribution in [3.8, 4) is 0 Å². The molecule has 7 nitrogen and oxygen atoms in total. The minimum absolute atomic E-state index is 0.147. The fraction of sp³-hybridized carbons (Fsp3) is 0.143. The van der Waals surface area contributed by atoms with Crippen LogP contribution in [0.5, 0.6) is 0 Å². The SMILES string of the molecule is O=C(NC[C@@H](NS(=O)(=O)c1ccc(Cl)cc1Cl)C(=O)O)c1ccsc1. The summed E-state index contributed by atoms with van der Waals surface area (Å²) in [7, 11) is -4.22. The van der Waals surface area contributed by atoms with Crippen LogP contribution in [0.4, 0.5) is 0 Å². The molecular weight excluding hydrogens is 411 g/mol. The van der Waals surface area contributed by atoms with Crippen LogP contribution in [0.25, 0.3) is 0 Å². The van der Waals surface area contributed by atoms with Gasteiger partial charge in [-0.1, -0.05) is 23.2 Å². The zero-order valence-electron chi connectivity index (χ0n) is 12.4. The molecule has 1 atom stereocenters. The summed E-state index contributed by atoms with van der Waals surface area (Å²) in [6.07, 6.45) is 0. The van der Waals surface area contributed by atoms with Crippen molar-refractivity contribution < 1.29 is 23.1 Å². The van der Waals surface area contributed by atoms with Crippen molar-refractivity contribution in [2.75, 3.05) is 6.54 Å². The molecule has 3 N–H and O–H groups in total. The molecule has 1 heterocycles. The summed E-state index contributed by atoms with van der Waals surface area (Å²) in [6, 6.07) is 3.70. The summed E-state index contributed by atoms with van der Waals surface area (Å²) >= 11 is 12.9. The second-order valence-corrected chi connectivity index (χ2v) is 8.11. The molecule has 0 aliphatic heterocycles. The van der Waals surface area contributed by atoms with Crippen LogP contribution >= 0.6 is 34.5 Å². The van der Waals surface area contributed by atoms with Crippen LogP contribution in [0.3, 0.4) is 0 Å². The van der Waals surface area contributed by atoms with Crippen LogP contribution in [0.1, 0.15) is 10.4 Å². The van der Waals surface area contributed by atoms with Crippen LogP contribution in [-0.2, 0) is 14.8 Å². The molecule has 0 spiro atoms. The highest BCUT2D eigenvalue weighted by Gasteiger charge is 2.27. The average molecular weight is 423 g/mol. The fourth-order valence-electron chi connectivity index (χ4n) is 1.81. The second-order valence-electron chi connectivity index (χ2n) is 4.81. The maximum absolute atomic E-state index is 12.3. The summed E-state index contributed by atoms with van der Waals surface area (Å²) in [5.74, 6) is -1.95. The number of aliphatic carboxylic acids is 1. The zero-order valence-corrected chi connectivity index (χ0v) is 15.5. The molecule has 0 unspecified atom stereocenters. The Morgan fingerprint density at radius 1 is 1.24 bits per heavy atom. The number of amides is 1. The maximum atomic E-state index is 12.3. The number of nitrogens with one attached hydrogen (secondary N) is 2. The molecule has 0 saturated carbocycles. The van der Waals surface area contributed by atoms with Crippen LogP contribution < -0.4 is 10.0 Å². The number of benzene rings is 1. The van der Waals surface area contributed by atoms with E-state index >= 15 is 0 Å². The van der Waals surface area contributed by atoms with E-state index in [9.17, 15) is 23.1 Å². The summed E-state index contributed by atoms with van der Waals surface area (Å²) < 4.78 is 26.7. The maximum Gasteiger partial charge on any atom is 0.323 e. The van der Waals surface area contributed by atoms with Crippen LogP contribution in [0.2, 0.25) is 10.0 Å². The molecule has 0 bridgehead atoms. The van der Waals surface area contributed by atoms with E-state index in [1.54, 1.807) is 16.8 Å². The first-order valence-corrected chi connectivity index (χ1v) is 9.89. The first-order valence-electron chi connectivity index (χ1n) is 6.71. The molecule has 1 aromatic heterocycles. The molecule has 2 aromatic rings. The Labute approximate surface area is 157 Å². The lowest BCUT2D eigenvalue weighted by atomic mass is 10.3. The lowest BCUT2D eigenvalue weighted by molar-refractivity contribution is -0.138. The second kappa shape index (κ2) is 8.15. The number of rotatable bonds is 7. The normalized spacial score (nSPS) is 12.6. The summed E-state index contributed by atoms with van der Waals surface area (Å²) in [4.78, 5) is 22.9. The molecule has 1 amide bonds. The predicted octanol–water partition coefficient (Wildman–Crippen LogP) is 2.22. The van der Waals surface area contributed by atoms with Gasteiger partial charge in [-0.3, -0.25) is 9.59 Å². The van der Waals surface area contributed by atoms with Crippen molar-refractivity contribution >= 4 is 56.4 Å². The number of carbonyl (C=O) groups is 2. The molecule has 2 rings (SSSR count). The van der Waals surface area contributed by atoms with E-state index in [-0.39, 0.29) is 14.9 Å². The highest BCUT2D eigenvalue weighted by molar-refractivity contribution is 7.89. The van der Waals surface area contributed by atoms with Gasteiger partial charge in [0.15, 0.2) is 0 Å². The van der Waals surface area contributed by atoms with E-state index in [2.05, 4.69) is 5.32 Å². The Morgan fingerprint density at radius 2 is 1.96 bits per heavy atom. The van der Waals surface area contributed by atoms with E-state index in [1.807, 2.05) is 4.72 Å². The van der Waals surface area contributed by atoms with Crippen molar-refractivity contribution in [3.05, 3.63) is 50.6 Å². The minimum Gasteiger partial charge on any atom is -0.480 e.